The average Bonchev–Trinajstić information content (AvgIpc) is 3.32. The Kier molecular flexibility index (Phi) is 5.63. The molecule has 7 heteroatoms. The number of nitrogens with zero attached hydrogens (tertiary/aromatic N) is 2. The molecule has 1 aliphatic rings. The van der Waals surface area contributed by atoms with Gasteiger partial charge in [0.15, 0.2) is 0 Å². The number of carbonyl (C=O) groups is 2. The van der Waals surface area contributed by atoms with Gasteiger partial charge in [-0.3, -0.25) is 4.79 Å². The van der Waals surface area contributed by atoms with Gasteiger partial charge in [-0.15, -0.1) is 22.7 Å². The van der Waals surface area contributed by atoms with Crippen molar-refractivity contribution in [2.75, 3.05) is 6.54 Å². The summed E-state index contributed by atoms with van der Waals surface area (Å²) in [5.74, 6) is -0.322. The molecule has 1 aliphatic heterocycles. The highest BCUT2D eigenvalue weighted by Crippen LogP contribution is 2.21. The quantitative estimate of drug-likeness (QED) is 0.739. The normalized spacial score (nSPS) is 17.2. The lowest BCUT2D eigenvalue weighted by atomic mass is 10.2. The molecule has 128 valence electrons. The van der Waals surface area contributed by atoms with Crippen molar-refractivity contribution < 1.29 is 14.3 Å². The van der Waals surface area contributed by atoms with Crippen molar-refractivity contribution in [1.82, 2.24) is 9.88 Å². The second kappa shape index (κ2) is 7.90. The van der Waals surface area contributed by atoms with E-state index in [4.69, 9.17) is 4.74 Å². The maximum Gasteiger partial charge on any atom is 0.329 e. The monoisotopic (exact) mass is 364 g/mol. The third-order valence-electron chi connectivity index (χ3n) is 4.01. The smallest absolute Gasteiger partial charge is 0.329 e. The first kappa shape index (κ1) is 17.1. The van der Waals surface area contributed by atoms with Crippen LogP contribution in [0.1, 0.15) is 35.3 Å². The van der Waals surface area contributed by atoms with E-state index >= 15 is 0 Å². The molecule has 2 aromatic rings. The highest BCUT2D eigenvalue weighted by atomic mass is 32.1. The van der Waals surface area contributed by atoms with Crippen LogP contribution >= 0.6 is 22.7 Å². The van der Waals surface area contributed by atoms with Gasteiger partial charge in [0.25, 0.3) is 0 Å². The number of likely N-dealkylation sites (tertiary alicyclic amines) is 1. The van der Waals surface area contributed by atoms with Crippen molar-refractivity contribution in [2.24, 2.45) is 0 Å². The summed E-state index contributed by atoms with van der Waals surface area (Å²) in [4.78, 5) is 31.9. The number of aromatic nitrogens is 1. The van der Waals surface area contributed by atoms with Crippen molar-refractivity contribution in [1.29, 1.82) is 0 Å². The Morgan fingerprint density at radius 3 is 3.00 bits per heavy atom. The molecule has 0 radical (unpaired) electrons. The second-order valence-corrected chi connectivity index (χ2v) is 7.67. The molecule has 1 fully saturated rings. The molecule has 3 rings (SSSR count). The van der Waals surface area contributed by atoms with Crippen LogP contribution in [0.5, 0.6) is 0 Å². The molecule has 0 saturated carbocycles. The standard InChI is InChI=1S/C17H20N2O3S2/c1-2-15-18-12(11-24-15)10-22-17(21)14-6-3-7-19(14)16(20)9-13-5-4-8-23-13/h4-5,8,11,14H,2-3,6-7,9-10H2,1H3. The van der Waals surface area contributed by atoms with E-state index in [2.05, 4.69) is 4.98 Å². The van der Waals surface area contributed by atoms with E-state index in [-0.39, 0.29) is 18.5 Å². The van der Waals surface area contributed by atoms with Gasteiger partial charge in [0.05, 0.1) is 17.1 Å². The Morgan fingerprint density at radius 1 is 1.42 bits per heavy atom. The summed E-state index contributed by atoms with van der Waals surface area (Å²) in [5.41, 5.74) is 0.777. The fraction of sp³-hybridized carbons (Fsp3) is 0.471. The van der Waals surface area contributed by atoms with Crippen LogP contribution in [0.25, 0.3) is 0 Å². The summed E-state index contributed by atoms with van der Waals surface area (Å²) < 4.78 is 5.40. The maximum absolute atomic E-state index is 12.5. The van der Waals surface area contributed by atoms with E-state index in [1.807, 2.05) is 29.8 Å². The lowest BCUT2D eigenvalue weighted by Gasteiger charge is -2.23. The van der Waals surface area contributed by atoms with Gasteiger partial charge in [0.1, 0.15) is 12.6 Å². The highest BCUT2D eigenvalue weighted by Gasteiger charge is 2.35. The first-order valence-corrected chi connectivity index (χ1v) is 9.85. The molecule has 2 aromatic heterocycles. The molecule has 0 bridgehead atoms. The number of esters is 1. The third-order valence-corrected chi connectivity index (χ3v) is 5.93. The molecule has 0 aliphatic carbocycles. The fourth-order valence-electron chi connectivity index (χ4n) is 2.79. The van der Waals surface area contributed by atoms with Gasteiger partial charge < -0.3 is 9.64 Å². The van der Waals surface area contributed by atoms with E-state index in [1.54, 1.807) is 27.6 Å². The first-order valence-electron chi connectivity index (χ1n) is 8.09. The Morgan fingerprint density at radius 2 is 2.29 bits per heavy atom. The molecule has 0 N–H and O–H groups in total. The molecule has 24 heavy (non-hydrogen) atoms. The first-order chi connectivity index (χ1) is 11.7. The van der Waals surface area contributed by atoms with Crippen molar-refractivity contribution in [2.45, 2.75) is 45.3 Å². The number of thiazole rings is 1. The maximum atomic E-state index is 12.5. The van der Waals surface area contributed by atoms with Gasteiger partial charge in [-0.2, -0.15) is 0 Å². The Balaban J connectivity index is 1.55. The third kappa shape index (κ3) is 4.02. The zero-order chi connectivity index (χ0) is 16.9. The predicted molar refractivity (Wildman–Crippen MR) is 94.0 cm³/mol. The number of ether oxygens (including phenoxy) is 1. The van der Waals surface area contributed by atoms with E-state index < -0.39 is 6.04 Å². The molecule has 1 saturated heterocycles. The van der Waals surface area contributed by atoms with E-state index in [0.29, 0.717) is 19.4 Å². The Bertz CT molecular complexity index is 697. The van der Waals surface area contributed by atoms with E-state index in [1.165, 1.54) is 0 Å². The summed E-state index contributed by atoms with van der Waals surface area (Å²) >= 11 is 3.14. The zero-order valence-corrected chi connectivity index (χ0v) is 15.2. The molecule has 5 nitrogen and oxygen atoms in total. The van der Waals surface area contributed by atoms with Crippen molar-refractivity contribution in [3.8, 4) is 0 Å². The van der Waals surface area contributed by atoms with Gasteiger partial charge in [-0.25, -0.2) is 9.78 Å². The molecule has 0 spiro atoms. The van der Waals surface area contributed by atoms with Crippen LogP contribution < -0.4 is 0 Å². The van der Waals surface area contributed by atoms with Crippen LogP contribution in [-0.4, -0.2) is 34.3 Å². The van der Waals surface area contributed by atoms with Crippen molar-refractivity contribution in [3.05, 3.63) is 38.5 Å². The number of amides is 1. The number of rotatable bonds is 6. The van der Waals surface area contributed by atoms with E-state index in [9.17, 15) is 9.59 Å². The minimum absolute atomic E-state index is 0.00109. The number of aryl methyl sites for hydroxylation is 1. The Labute approximate surface area is 149 Å². The molecule has 1 unspecified atom stereocenters. The molecular weight excluding hydrogens is 344 g/mol. The summed E-state index contributed by atoms with van der Waals surface area (Å²) in [7, 11) is 0. The number of thiophene rings is 1. The lowest BCUT2D eigenvalue weighted by Crippen LogP contribution is -2.42. The summed E-state index contributed by atoms with van der Waals surface area (Å²) in [6.45, 7) is 2.85. The minimum Gasteiger partial charge on any atom is -0.458 e. The molecule has 0 aromatic carbocycles. The van der Waals surface area contributed by atoms with Gasteiger partial charge in [-0.1, -0.05) is 13.0 Å². The predicted octanol–water partition coefficient (Wildman–Crippen LogP) is 3.04. The van der Waals surface area contributed by atoms with Crippen LogP contribution in [0.4, 0.5) is 0 Å². The molecular formula is C17H20N2O3S2. The van der Waals surface area contributed by atoms with Crippen molar-refractivity contribution >= 4 is 34.6 Å². The van der Waals surface area contributed by atoms with Crippen LogP contribution in [0.15, 0.2) is 22.9 Å². The number of hydrogen-bond acceptors (Lipinski definition) is 6. The summed E-state index contributed by atoms with van der Waals surface area (Å²) in [6, 6.07) is 3.42. The van der Waals surface area contributed by atoms with Crippen LogP contribution in [0.2, 0.25) is 0 Å². The SMILES string of the molecule is CCc1nc(COC(=O)C2CCCN2C(=O)Cc2cccs2)cs1. The van der Waals surface area contributed by atoms with Gasteiger partial charge in [-0.05, 0) is 30.7 Å². The molecule has 1 atom stereocenters. The largest absolute Gasteiger partial charge is 0.458 e. The van der Waals surface area contributed by atoms with Crippen molar-refractivity contribution in [3.63, 3.8) is 0 Å². The minimum atomic E-state index is -0.457. The molecule has 3 heterocycles. The number of carbonyl (C=O) groups excluding carboxylic acids is 2. The van der Waals surface area contributed by atoms with Gasteiger partial charge in [0.2, 0.25) is 5.91 Å². The van der Waals surface area contributed by atoms with E-state index in [0.717, 1.165) is 28.4 Å². The average molecular weight is 364 g/mol. The lowest BCUT2D eigenvalue weighted by molar-refractivity contribution is -0.154. The topological polar surface area (TPSA) is 59.5 Å². The van der Waals surface area contributed by atoms with Gasteiger partial charge >= 0.3 is 5.97 Å². The van der Waals surface area contributed by atoms with Crippen LogP contribution in [0.3, 0.4) is 0 Å². The Hall–Kier alpha value is -1.73. The summed E-state index contributed by atoms with van der Waals surface area (Å²) in [5, 5.41) is 4.91. The number of hydrogen-bond donors (Lipinski definition) is 0. The van der Waals surface area contributed by atoms with Crippen LogP contribution in [-0.2, 0) is 33.8 Å². The van der Waals surface area contributed by atoms with Crippen LogP contribution in [0, 0.1) is 0 Å². The second-order valence-electron chi connectivity index (χ2n) is 5.70. The highest BCUT2D eigenvalue weighted by molar-refractivity contribution is 7.10. The zero-order valence-electron chi connectivity index (χ0n) is 13.6. The molecule has 1 amide bonds. The summed E-state index contributed by atoms with van der Waals surface area (Å²) in [6.07, 6.45) is 2.75. The van der Waals surface area contributed by atoms with Gasteiger partial charge in [0, 0.05) is 16.8 Å². The fourth-order valence-corrected chi connectivity index (χ4v) is 4.22.